The summed E-state index contributed by atoms with van der Waals surface area (Å²) in [6, 6.07) is 9.92. The van der Waals surface area contributed by atoms with E-state index in [1.54, 1.807) is 42.6 Å². The number of rotatable bonds is 6. The molecule has 0 radical (unpaired) electrons. The molecule has 1 fully saturated rings. The first-order valence-corrected chi connectivity index (χ1v) is 13.1. The SMILES string of the molecule is CC[S+]([O-])N1CCC(n2c(CO)nc3cnc4c(ccn4S(=O)(=O)c4ccccc4)c32)C1. The third-order valence-electron chi connectivity index (χ3n) is 5.87. The molecule has 9 nitrogen and oxygen atoms in total. The van der Waals surface area contributed by atoms with Crippen LogP contribution in [0.3, 0.4) is 0 Å². The van der Waals surface area contributed by atoms with E-state index in [-0.39, 0.29) is 17.5 Å². The maximum absolute atomic E-state index is 13.2. The fourth-order valence-corrected chi connectivity index (χ4v) is 6.72. The van der Waals surface area contributed by atoms with Crippen LogP contribution in [0.15, 0.2) is 53.7 Å². The van der Waals surface area contributed by atoms with Crippen molar-refractivity contribution in [3.63, 3.8) is 0 Å². The van der Waals surface area contributed by atoms with Gasteiger partial charge in [0, 0.05) is 29.5 Å². The number of aliphatic hydroxyl groups is 1. The van der Waals surface area contributed by atoms with Crippen molar-refractivity contribution in [1.29, 1.82) is 0 Å². The number of hydrogen-bond donors (Lipinski definition) is 1. The number of hydrogen-bond acceptors (Lipinski definition) is 7. The second kappa shape index (κ2) is 8.16. The Morgan fingerprint density at radius 1 is 1.25 bits per heavy atom. The summed E-state index contributed by atoms with van der Waals surface area (Å²) < 4.78 is 43.8. The van der Waals surface area contributed by atoms with Gasteiger partial charge < -0.3 is 14.2 Å². The van der Waals surface area contributed by atoms with Crippen LogP contribution in [0.5, 0.6) is 0 Å². The number of benzene rings is 1. The van der Waals surface area contributed by atoms with Gasteiger partial charge >= 0.3 is 0 Å². The smallest absolute Gasteiger partial charge is 0.269 e. The average Bonchev–Trinajstić information content (AvgIpc) is 3.54. The van der Waals surface area contributed by atoms with Crippen molar-refractivity contribution in [3.05, 3.63) is 54.6 Å². The molecule has 4 aromatic rings. The standard InChI is InChI=1S/C21H23N5O4S2/c1-2-31(28)24-10-8-15(13-24)26-19(14-27)23-18-12-22-21-17(20(18)26)9-11-25(21)32(29,30)16-6-4-3-5-7-16/h3-7,9,11-12,15,27H,2,8,10,13-14H2,1H3. The van der Waals surface area contributed by atoms with Gasteiger partial charge in [-0.3, -0.25) is 0 Å². The van der Waals surface area contributed by atoms with E-state index in [1.165, 1.54) is 10.2 Å². The highest BCUT2D eigenvalue weighted by Gasteiger charge is 2.33. The minimum Gasteiger partial charge on any atom is -0.598 e. The molecule has 0 aliphatic carbocycles. The van der Waals surface area contributed by atoms with Crippen LogP contribution in [0.25, 0.3) is 22.1 Å². The molecule has 1 saturated heterocycles. The van der Waals surface area contributed by atoms with Crippen molar-refractivity contribution < 1.29 is 18.1 Å². The first-order valence-electron chi connectivity index (χ1n) is 10.4. The zero-order chi connectivity index (χ0) is 22.5. The van der Waals surface area contributed by atoms with Crippen LogP contribution < -0.4 is 0 Å². The highest BCUT2D eigenvalue weighted by molar-refractivity contribution is 7.90. The van der Waals surface area contributed by atoms with Gasteiger partial charge in [0.1, 0.15) is 23.7 Å². The Hall–Kier alpha value is -2.44. The van der Waals surface area contributed by atoms with Gasteiger partial charge in [-0.15, -0.1) is 4.31 Å². The monoisotopic (exact) mass is 473 g/mol. The summed E-state index contributed by atoms with van der Waals surface area (Å²) >= 11 is -1.04. The highest BCUT2D eigenvalue weighted by atomic mass is 32.2. The lowest BCUT2D eigenvalue weighted by Crippen LogP contribution is -2.30. The minimum atomic E-state index is -3.82. The summed E-state index contributed by atoms with van der Waals surface area (Å²) in [4.78, 5) is 9.12. The first-order chi connectivity index (χ1) is 15.5. The van der Waals surface area contributed by atoms with E-state index in [0.29, 0.717) is 41.2 Å². The number of aliphatic hydroxyl groups excluding tert-OH is 1. The molecule has 2 atom stereocenters. The normalized spacial score (nSPS) is 18.7. The largest absolute Gasteiger partial charge is 0.598 e. The van der Waals surface area contributed by atoms with E-state index in [1.807, 2.05) is 15.8 Å². The first kappa shape index (κ1) is 21.4. The summed E-state index contributed by atoms with van der Waals surface area (Å²) in [5.41, 5.74) is 1.63. The van der Waals surface area contributed by atoms with Gasteiger partial charge in [0.05, 0.1) is 29.2 Å². The molecule has 4 heterocycles. The van der Waals surface area contributed by atoms with Gasteiger partial charge in [-0.2, -0.15) is 0 Å². The van der Waals surface area contributed by atoms with Crippen molar-refractivity contribution in [2.45, 2.75) is 30.9 Å². The topological polar surface area (TPSA) is 116 Å². The molecular formula is C21H23N5O4S2. The molecule has 0 saturated carbocycles. The van der Waals surface area contributed by atoms with Crippen LogP contribution in [0.2, 0.25) is 0 Å². The van der Waals surface area contributed by atoms with E-state index < -0.39 is 21.4 Å². The van der Waals surface area contributed by atoms with Crippen molar-refractivity contribution in [2.75, 3.05) is 18.8 Å². The van der Waals surface area contributed by atoms with Crippen LogP contribution in [0.1, 0.15) is 25.2 Å². The van der Waals surface area contributed by atoms with Gasteiger partial charge in [-0.25, -0.2) is 22.4 Å². The lowest BCUT2D eigenvalue weighted by molar-refractivity contribution is 0.262. The molecule has 0 amide bonds. The molecular weight excluding hydrogens is 450 g/mol. The average molecular weight is 474 g/mol. The van der Waals surface area contributed by atoms with Crippen LogP contribution in [0, 0.1) is 0 Å². The second-order valence-corrected chi connectivity index (χ2v) is 11.2. The lowest BCUT2D eigenvalue weighted by atomic mass is 10.2. The van der Waals surface area contributed by atoms with E-state index >= 15 is 0 Å². The molecule has 2 unspecified atom stereocenters. The van der Waals surface area contributed by atoms with Crippen molar-refractivity contribution in [1.82, 2.24) is 22.8 Å². The Morgan fingerprint density at radius 2 is 2.03 bits per heavy atom. The Balaban J connectivity index is 1.67. The van der Waals surface area contributed by atoms with E-state index in [9.17, 15) is 18.1 Å². The van der Waals surface area contributed by atoms with Crippen molar-refractivity contribution in [2.24, 2.45) is 0 Å². The summed E-state index contributed by atoms with van der Waals surface area (Å²) in [5.74, 6) is 1.04. The van der Waals surface area contributed by atoms with Crippen LogP contribution in [-0.4, -0.2) is 59.7 Å². The fraction of sp³-hybridized carbons (Fsp3) is 0.333. The maximum atomic E-state index is 13.2. The number of pyridine rings is 1. The number of fused-ring (bicyclic) bond motifs is 3. The van der Waals surface area contributed by atoms with E-state index in [0.717, 1.165) is 11.9 Å². The maximum Gasteiger partial charge on any atom is 0.269 e. The molecule has 168 valence electrons. The molecule has 1 aliphatic rings. The van der Waals surface area contributed by atoms with Gasteiger partial charge in [-0.1, -0.05) is 18.2 Å². The predicted octanol–water partition coefficient (Wildman–Crippen LogP) is 2.05. The summed E-state index contributed by atoms with van der Waals surface area (Å²) in [6.07, 6.45) is 3.81. The molecule has 0 bridgehead atoms. The lowest BCUT2D eigenvalue weighted by Gasteiger charge is -2.20. The Morgan fingerprint density at radius 3 is 2.75 bits per heavy atom. The van der Waals surface area contributed by atoms with Gasteiger partial charge in [-0.05, 0) is 31.5 Å². The molecule has 11 heteroatoms. The molecule has 3 aromatic heterocycles. The number of aromatic nitrogens is 4. The molecule has 5 rings (SSSR count). The highest BCUT2D eigenvalue weighted by Crippen LogP contribution is 2.34. The molecule has 1 aliphatic heterocycles. The Kier molecular flexibility index (Phi) is 5.46. The van der Waals surface area contributed by atoms with Crippen LogP contribution in [0.4, 0.5) is 0 Å². The summed E-state index contributed by atoms with van der Waals surface area (Å²) in [5, 5.41) is 10.6. The minimum absolute atomic E-state index is 0.0302. The zero-order valence-corrected chi connectivity index (χ0v) is 19.1. The molecule has 1 aromatic carbocycles. The summed E-state index contributed by atoms with van der Waals surface area (Å²) in [6.45, 7) is 2.89. The van der Waals surface area contributed by atoms with E-state index in [4.69, 9.17) is 0 Å². The second-order valence-electron chi connectivity index (χ2n) is 7.66. The fourth-order valence-electron chi connectivity index (χ4n) is 4.39. The van der Waals surface area contributed by atoms with Crippen molar-refractivity contribution >= 4 is 43.5 Å². The number of imidazole rings is 1. The van der Waals surface area contributed by atoms with Crippen molar-refractivity contribution in [3.8, 4) is 0 Å². The van der Waals surface area contributed by atoms with E-state index in [2.05, 4.69) is 9.97 Å². The molecule has 32 heavy (non-hydrogen) atoms. The van der Waals surface area contributed by atoms with Gasteiger partial charge in [0.25, 0.3) is 10.0 Å². The molecule has 1 N–H and O–H groups in total. The van der Waals surface area contributed by atoms with Gasteiger partial charge in [0.2, 0.25) is 0 Å². The third-order valence-corrected chi connectivity index (χ3v) is 8.95. The predicted molar refractivity (Wildman–Crippen MR) is 122 cm³/mol. The summed E-state index contributed by atoms with van der Waals surface area (Å²) in [7, 11) is -3.82. The number of nitrogens with zero attached hydrogens (tertiary/aromatic N) is 5. The Labute approximate surface area is 188 Å². The van der Waals surface area contributed by atoms with Crippen LogP contribution >= 0.6 is 0 Å². The quantitative estimate of drug-likeness (QED) is 0.426. The van der Waals surface area contributed by atoms with Gasteiger partial charge in [0.15, 0.2) is 5.65 Å². The van der Waals surface area contributed by atoms with Crippen LogP contribution in [-0.2, 0) is 28.0 Å². The molecule has 0 spiro atoms. The zero-order valence-electron chi connectivity index (χ0n) is 17.5. The third kappa shape index (κ3) is 3.32. The Bertz CT molecular complexity index is 1380.